The number of H-pyrrole nitrogens is 1. The fraction of sp³-hybridized carbons (Fsp3) is 0.476. The number of unbranched alkanes of at least 4 members (excludes halogenated alkanes) is 1. The molecule has 1 aromatic carbocycles. The van der Waals surface area contributed by atoms with Gasteiger partial charge in [-0.1, -0.05) is 26.2 Å². The highest BCUT2D eigenvalue weighted by Gasteiger charge is 2.33. The van der Waals surface area contributed by atoms with Crippen LogP contribution in [0.5, 0.6) is 5.75 Å². The van der Waals surface area contributed by atoms with E-state index in [1.807, 2.05) is 6.92 Å². The fourth-order valence-corrected chi connectivity index (χ4v) is 3.83. The zero-order valence-corrected chi connectivity index (χ0v) is 16.9. The summed E-state index contributed by atoms with van der Waals surface area (Å²) in [5, 5.41) is 0. The smallest absolute Gasteiger partial charge is 0.330 e. The Kier molecular flexibility index (Phi) is 6.41. The predicted octanol–water partition coefficient (Wildman–Crippen LogP) is 2.52. The number of rotatable bonds is 7. The minimum Gasteiger partial charge on any atom is -0.497 e. The Hall–Kier alpha value is -3.03. The van der Waals surface area contributed by atoms with Crippen LogP contribution in [0.15, 0.2) is 33.9 Å². The standard InChI is InChI=1S/C21H28N4O4/c1-3-4-13-24-18(22)17(19(26)23-21(24)28)25(15-7-5-6-8-15)20(27)14-9-11-16(29-2)12-10-14/h9-12,15H,3-8,13,22H2,1-2H3,(H,23,26,28). The normalized spacial score (nSPS) is 14.1. The first-order valence-electron chi connectivity index (χ1n) is 10.1. The van der Waals surface area contributed by atoms with Crippen molar-refractivity contribution in [2.75, 3.05) is 17.7 Å². The number of nitrogens with zero attached hydrogens (tertiary/aromatic N) is 2. The largest absolute Gasteiger partial charge is 0.497 e. The Balaban J connectivity index is 2.11. The van der Waals surface area contributed by atoms with Crippen molar-refractivity contribution in [1.82, 2.24) is 9.55 Å². The molecule has 1 saturated carbocycles. The topological polar surface area (TPSA) is 110 Å². The second-order valence-electron chi connectivity index (χ2n) is 7.34. The van der Waals surface area contributed by atoms with Crippen LogP contribution in [0.2, 0.25) is 0 Å². The average Bonchev–Trinajstić information content (AvgIpc) is 3.24. The predicted molar refractivity (Wildman–Crippen MR) is 113 cm³/mol. The number of anilines is 2. The van der Waals surface area contributed by atoms with E-state index in [-0.39, 0.29) is 23.5 Å². The van der Waals surface area contributed by atoms with Crippen LogP contribution < -0.4 is 26.6 Å². The molecule has 1 fully saturated rings. The van der Waals surface area contributed by atoms with Crippen LogP contribution in [0.4, 0.5) is 11.5 Å². The van der Waals surface area contributed by atoms with Gasteiger partial charge in [0.05, 0.1) is 7.11 Å². The first kappa shape index (κ1) is 20.7. The number of hydrogen-bond acceptors (Lipinski definition) is 5. The van der Waals surface area contributed by atoms with Gasteiger partial charge in [0, 0.05) is 18.2 Å². The SMILES string of the molecule is CCCCn1c(N)c(N(C(=O)c2ccc(OC)cc2)C2CCCC2)c(=O)[nH]c1=O. The van der Waals surface area contributed by atoms with Gasteiger partial charge in [-0.25, -0.2) is 4.79 Å². The maximum atomic E-state index is 13.4. The highest BCUT2D eigenvalue weighted by molar-refractivity contribution is 6.07. The Morgan fingerprint density at radius 1 is 1.24 bits per heavy atom. The molecular weight excluding hydrogens is 372 g/mol. The molecule has 8 nitrogen and oxygen atoms in total. The Labute approximate surface area is 169 Å². The number of carbonyl (C=O) groups is 1. The quantitative estimate of drug-likeness (QED) is 0.742. The van der Waals surface area contributed by atoms with E-state index in [4.69, 9.17) is 10.5 Å². The molecule has 0 radical (unpaired) electrons. The van der Waals surface area contributed by atoms with Gasteiger partial charge in [0.1, 0.15) is 11.6 Å². The average molecular weight is 400 g/mol. The van der Waals surface area contributed by atoms with Crippen LogP contribution in [0.1, 0.15) is 55.8 Å². The zero-order chi connectivity index (χ0) is 21.0. The zero-order valence-electron chi connectivity index (χ0n) is 16.9. The highest BCUT2D eigenvalue weighted by atomic mass is 16.5. The van der Waals surface area contributed by atoms with Crippen molar-refractivity contribution in [2.45, 2.75) is 58.0 Å². The van der Waals surface area contributed by atoms with E-state index in [1.165, 1.54) is 9.47 Å². The van der Waals surface area contributed by atoms with Gasteiger partial charge < -0.3 is 10.5 Å². The number of carbonyl (C=O) groups excluding carboxylic acids is 1. The molecule has 29 heavy (non-hydrogen) atoms. The molecule has 2 aromatic rings. The second kappa shape index (κ2) is 8.98. The molecule has 0 bridgehead atoms. The maximum Gasteiger partial charge on any atom is 0.330 e. The molecule has 1 heterocycles. The van der Waals surface area contributed by atoms with Gasteiger partial charge >= 0.3 is 5.69 Å². The van der Waals surface area contributed by atoms with Crippen molar-refractivity contribution in [1.29, 1.82) is 0 Å². The minimum atomic E-state index is -0.631. The highest BCUT2D eigenvalue weighted by Crippen LogP contribution is 2.31. The minimum absolute atomic E-state index is 0.0426. The molecule has 0 unspecified atom stereocenters. The van der Waals surface area contributed by atoms with Crippen LogP contribution in [0.3, 0.4) is 0 Å². The van der Waals surface area contributed by atoms with Crippen molar-refractivity contribution in [3.05, 3.63) is 50.7 Å². The van der Waals surface area contributed by atoms with E-state index >= 15 is 0 Å². The van der Waals surface area contributed by atoms with Gasteiger partial charge in [-0.2, -0.15) is 0 Å². The third kappa shape index (κ3) is 4.21. The summed E-state index contributed by atoms with van der Waals surface area (Å²) >= 11 is 0. The van der Waals surface area contributed by atoms with E-state index in [1.54, 1.807) is 31.4 Å². The van der Waals surface area contributed by atoms with Gasteiger partial charge in [-0.15, -0.1) is 0 Å². The van der Waals surface area contributed by atoms with E-state index in [2.05, 4.69) is 4.98 Å². The fourth-order valence-electron chi connectivity index (χ4n) is 3.83. The molecule has 1 aliphatic rings. The number of nitrogens with two attached hydrogens (primary N) is 1. The Bertz CT molecular complexity index is 972. The van der Waals surface area contributed by atoms with Crippen LogP contribution in [-0.2, 0) is 6.54 Å². The first-order valence-corrected chi connectivity index (χ1v) is 10.1. The summed E-state index contributed by atoms with van der Waals surface area (Å²) in [6.07, 6.45) is 5.14. The summed E-state index contributed by atoms with van der Waals surface area (Å²) in [5.41, 5.74) is 5.60. The number of amides is 1. The maximum absolute atomic E-state index is 13.4. The van der Waals surface area contributed by atoms with Crippen molar-refractivity contribution in [3.8, 4) is 5.75 Å². The third-order valence-electron chi connectivity index (χ3n) is 5.44. The lowest BCUT2D eigenvalue weighted by molar-refractivity contribution is 0.0976. The van der Waals surface area contributed by atoms with Crippen LogP contribution in [0, 0.1) is 0 Å². The van der Waals surface area contributed by atoms with Crippen LogP contribution in [0.25, 0.3) is 0 Å². The number of aromatic nitrogens is 2. The summed E-state index contributed by atoms with van der Waals surface area (Å²) in [7, 11) is 1.56. The molecule has 3 N–H and O–H groups in total. The van der Waals surface area contributed by atoms with Gasteiger partial charge in [-0.05, 0) is 43.5 Å². The summed E-state index contributed by atoms with van der Waals surface area (Å²) in [5.74, 6) is 0.373. The molecular formula is C21H28N4O4. The number of methoxy groups -OCH3 is 1. The number of aromatic amines is 1. The monoisotopic (exact) mass is 400 g/mol. The van der Waals surface area contributed by atoms with E-state index < -0.39 is 11.2 Å². The Morgan fingerprint density at radius 3 is 2.48 bits per heavy atom. The molecule has 156 valence electrons. The van der Waals surface area contributed by atoms with E-state index in [0.29, 0.717) is 17.9 Å². The molecule has 1 aliphatic carbocycles. The van der Waals surface area contributed by atoms with E-state index in [0.717, 1.165) is 38.5 Å². The van der Waals surface area contributed by atoms with Gasteiger partial charge in [0.2, 0.25) is 0 Å². The summed E-state index contributed by atoms with van der Waals surface area (Å²) in [6.45, 7) is 2.39. The van der Waals surface area contributed by atoms with Gasteiger partial charge in [0.15, 0.2) is 5.69 Å². The van der Waals surface area contributed by atoms with Crippen LogP contribution >= 0.6 is 0 Å². The number of benzene rings is 1. The summed E-state index contributed by atoms with van der Waals surface area (Å²) in [6, 6.07) is 6.61. The van der Waals surface area contributed by atoms with Gasteiger partial charge in [0.25, 0.3) is 11.5 Å². The van der Waals surface area contributed by atoms with Crippen molar-refractivity contribution in [2.24, 2.45) is 0 Å². The number of nitrogen functional groups attached to an aromatic ring is 1. The Morgan fingerprint density at radius 2 is 1.90 bits per heavy atom. The molecule has 3 rings (SSSR count). The molecule has 0 saturated heterocycles. The number of nitrogens with one attached hydrogen (secondary N) is 1. The van der Waals surface area contributed by atoms with Crippen molar-refractivity contribution in [3.63, 3.8) is 0 Å². The lowest BCUT2D eigenvalue weighted by atomic mass is 10.1. The summed E-state index contributed by atoms with van der Waals surface area (Å²) < 4.78 is 6.51. The third-order valence-corrected chi connectivity index (χ3v) is 5.44. The summed E-state index contributed by atoms with van der Waals surface area (Å²) in [4.78, 5) is 42.3. The second-order valence-corrected chi connectivity index (χ2v) is 7.34. The molecule has 1 aromatic heterocycles. The van der Waals surface area contributed by atoms with Crippen molar-refractivity contribution >= 4 is 17.4 Å². The van der Waals surface area contributed by atoms with Gasteiger partial charge in [-0.3, -0.25) is 24.0 Å². The molecule has 8 heteroatoms. The molecule has 0 atom stereocenters. The lowest BCUT2D eigenvalue weighted by Gasteiger charge is -2.30. The molecule has 1 amide bonds. The molecule has 0 spiro atoms. The van der Waals surface area contributed by atoms with Crippen LogP contribution in [-0.4, -0.2) is 28.6 Å². The first-order chi connectivity index (χ1) is 14.0. The lowest BCUT2D eigenvalue weighted by Crippen LogP contribution is -2.45. The molecule has 0 aliphatic heterocycles. The van der Waals surface area contributed by atoms with E-state index in [9.17, 15) is 14.4 Å². The number of hydrogen-bond donors (Lipinski definition) is 2. The number of ether oxygens (including phenoxy) is 1. The van der Waals surface area contributed by atoms with Crippen molar-refractivity contribution < 1.29 is 9.53 Å².